The Hall–Kier alpha value is -2.14. The van der Waals surface area contributed by atoms with Crippen LogP contribution in [-0.2, 0) is 11.8 Å². The fourth-order valence-electron chi connectivity index (χ4n) is 3.01. The maximum Gasteiger partial charge on any atom is 0.255 e. The quantitative estimate of drug-likeness (QED) is 0.923. The summed E-state index contributed by atoms with van der Waals surface area (Å²) in [6, 6.07) is 7.99. The van der Waals surface area contributed by atoms with Gasteiger partial charge in [-0.3, -0.25) is 9.48 Å². The molecule has 1 N–H and O–H groups in total. The normalized spacial score (nSPS) is 17.4. The van der Waals surface area contributed by atoms with Crippen molar-refractivity contribution in [3.05, 3.63) is 41.6 Å². The molecule has 122 valence electrons. The van der Waals surface area contributed by atoms with E-state index >= 15 is 0 Å². The van der Waals surface area contributed by atoms with Gasteiger partial charge in [0.15, 0.2) is 0 Å². The molecule has 0 aliphatic carbocycles. The first-order chi connectivity index (χ1) is 11.1. The van der Waals surface area contributed by atoms with Crippen molar-refractivity contribution in [1.29, 1.82) is 0 Å². The Bertz CT molecular complexity index is 687. The molecule has 1 amide bonds. The molecular formula is C18H23N3O2. The van der Waals surface area contributed by atoms with Gasteiger partial charge in [0.2, 0.25) is 0 Å². The van der Waals surface area contributed by atoms with Crippen LogP contribution >= 0.6 is 0 Å². The number of carbonyl (C=O) groups is 1. The van der Waals surface area contributed by atoms with Gasteiger partial charge in [0.05, 0.1) is 11.7 Å². The van der Waals surface area contributed by atoms with E-state index in [1.54, 1.807) is 10.9 Å². The van der Waals surface area contributed by atoms with Crippen molar-refractivity contribution in [2.75, 3.05) is 13.2 Å². The molecular weight excluding hydrogens is 290 g/mol. The lowest BCUT2D eigenvalue weighted by Gasteiger charge is -2.10. The number of nitrogens with one attached hydrogen (secondary N) is 1. The number of benzene rings is 1. The zero-order valence-electron chi connectivity index (χ0n) is 13.7. The van der Waals surface area contributed by atoms with Gasteiger partial charge >= 0.3 is 0 Å². The average Bonchev–Trinajstić information content (AvgIpc) is 3.17. The molecule has 0 radical (unpaired) electrons. The predicted molar refractivity (Wildman–Crippen MR) is 89.3 cm³/mol. The van der Waals surface area contributed by atoms with Crippen molar-refractivity contribution in [2.24, 2.45) is 7.05 Å². The fraction of sp³-hybridized carbons (Fsp3) is 0.444. The van der Waals surface area contributed by atoms with E-state index < -0.39 is 0 Å². The molecule has 5 heteroatoms. The van der Waals surface area contributed by atoms with Gasteiger partial charge in [-0.25, -0.2) is 0 Å². The van der Waals surface area contributed by atoms with E-state index in [1.807, 2.05) is 38.2 Å². The van der Waals surface area contributed by atoms with Crippen molar-refractivity contribution < 1.29 is 9.53 Å². The predicted octanol–water partition coefficient (Wildman–Crippen LogP) is 2.69. The lowest BCUT2D eigenvalue weighted by Crippen LogP contribution is -2.27. The third-order valence-electron chi connectivity index (χ3n) is 4.25. The van der Waals surface area contributed by atoms with Crippen molar-refractivity contribution in [1.82, 2.24) is 15.1 Å². The standard InChI is InChI=1S/C18H23N3O2/c1-13-6-3-4-8-15(13)17-16(12-21(2)20-17)18(22)19-10-9-14-7-5-11-23-14/h3-4,6,8,12,14H,5,7,9-11H2,1-2H3,(H,19,22). The Morgan fingerprint density at radius 3 is 3.00 bits per heavy atom. The first-order valence-electron chi connectivity index (χ1n) is 8.14. The van der Waals surface area contributed by atoms with Gasteiger partial charge in [0.1, 0.15) is 5.69 Å². The number of aryl methyl sites for hydroxylation is 2. The summed E-state index contributed by atoms with van der Waals surface area (Å²) >= 11 is 0. The van der Waals surface area contributed by atoms with Crippen molar-refractivity contribution in [3.63, 3.8) is 0 Å². The summed E-state index contributed by atoms with van der Waals surface area (Å²) in [5.41, 5.74) is 3.46. The fourth-order valence-corrected chi connectivity index (χ4v) is 3.01. The summed E-state index contributed by atoms with van der Waals surface area (Å²) in [4.78, 5) is 12.5. The lowest BCUT2D eigenvalue weighted by molar-refractivity contribution is 0.0907. The van der Waals surface area contributed by atoms with E-state index in [1.165, 1.54) is 0 Å². The molecule has 1 aromatic heterocycles. The minimum Gasteiger partial charge on any atom is -0.378 e. The Morgan fingerprint density at radius 1 is 1.43 bits per heavy atom. The van der Waals surface area contributed by atoms with Crippen LogP contribution in [0.15, 0.2) is 30.5 Å². The molecule has 0 bridgehead atoms. The SMILES string of the molecule is Cc1ccccc1-c1nn(C)cc1C(=O)NCCC1CCCO1. The highest BCUT2D eigenvalue weighted by Gasteiger charge is 2.19. The van der Waals surface area contributed by atoms with Gasteiger partial charge in [-0.2, -0.15) is 5.10 Å². The minimum atomic E-state index is -0.0747. The lowest BCUT2D eigenvalue weighted by atomic mass is 10.0. The highest BCUT2D eigenvalue weighted by Crippen LogP contribution is 2.25. The monoisotopic (exact) mass is 313 g/mol. The Morgan fingerprint density at radius 2 is 2.26 bits per heavy atom. The molecule has 1 aromatic carbocycles. The van der Waals surface area contributed by atoms with E-state index in [-0.39, 0.29) is 5.91 Å². The summed E-state index contributed by atoms with van der Waals surface area (Å²) in [5, 5.41) is 7.48. The van der Waals surface area contributed by atoms with E-state index in [9.17, 15) is 4.79 Å². The number of nitrogens with zero attached hydrogens (tertiary/aromatic N) is 2. The number of hydrogen-bond acceptors (Lipinski definition) is 3. The smallest absolute Gasteiger partial charge is 0.255 e. The number of rotatable bonds is 5. The molecule has 1 saturated heterocycles. The minimum absolute atomic E-state index is 0.0747. The molecule has 1 unspecified atom stereocenters. The van der Waals surface area contributed by atoms with Gasteiger partial charge in [-0.1, -0.05) is 24.3 Å². The molecule has 3 rings (SSSR count). The highest BCUT2D eigenvalue weighted by atomic mass is 16.5. The van der Waals surface area contributed by atoms with Crippen LogP contribution in [0, 0.1) is 6.92 Å². The van der Waals surface area contributed by atoms with E-state index in [0.29, 0.717) is 18.2 Å². The number of carbonyl (C=O) groups excluding carboxylic acids is 1. The maximum absolute atomic E-state index is 12.5. The van der Waals surface area contributed by atoms with Crippen LogP contribution in [0.1, 0.15) is 35.2 Å². The molecule has 1 aliphatic rings. The second-order valence-corrected chi connectivity index (χ2v) is 6.06. The third kappa shape index (κ3) is 3.62. The van der Waals surface area contributed by atoms with Gasteiger partial charge in [0.25, 0.3) is 5.91 Å². The van der Waals surface area contributed by atoms with Crippen LogP contribution in [0.5, 0.6) is 0 Å². The third-order valence-corrected chi connectivity index (χ3v) is 4.25. The summed E-state index contributed by atoms with van der Waals surface area (Å²) in [5.74, 6) is -0.0747. The van der Waals surface area contributed by atoms with Crippen molar-refractivity contribution in [3.8, 4) is 11.3 Å². The zero-order chi connectivity index (χ0) is 16.2. The Balaban J connectivity index is 1.72. The molecule has 1 fully saturated rings. The van der Waals surface area contributed by atoms with Gasteiger partial charge in [-0.05, 0) is 31.7 Å². The summed E-state index contributed by atoms with van der Waals surface area (Å²) in [6.45, 7) is 3.51. The van der Waals surface area contributed by atoms with Gasteiger partial charge in [-0.15, -0.1) is 0 Å². The molecule has 0 saturated carbocycles. The van der Waals surface area contributed by atoms with Crippen LogP contribution in [0.25, 0.3) is 11.3 Å². The molecule has 2 aromatic rings. The van der Waals surface area contributed by atoms with Gasteiger partial charge in [0, 0.05) is 32.0 Å². The molecule has 23 heavy (non-hydrogen) atoms. The topological polar surface area (TPSA) is 56.2 Å². The molecule has 2 heterocycles. The zero-order valence-corrected chi connectivity index (χ0v) is 13.7. The van der Waals surface area contributed by atoms with Crippen molar-refractivity contribution in [2.45, 2.75) is 32.3 Å². The second-order valence-electron chi connectivity index (χ2n) is 6.06. The largest absolute Gasteiger partial charge is 0.378 e. The summed E-state index contributed by atoms with van der Waals surface area (Å²) in [6.07, 6.45) is 5.16. The van der Waals surface area contributed by atoms with Crippen molar-refractivity contribution >= 4 is 5.91 Å². The van der Waals surface area contributed by atoms with E-state index in [4.69, 9.17) is 4.74 Å². The second kappa shape index (κ2) is 6.96. The summed E-state index contributed by atoms with van der Waals surface area (Å²) in [7, 11) is 1.84. The Kier molecular flexibility index (Phi) is 4.76. The number of hydrogen-bond donors (Lipinski definition) is 1. The number of aromatic nitrogens is 2. The average molecular weight is 313 g/mol. The Labute approximate surface area is 136 Å². The van der Waals surface area contributed by atoms with Gasteiger partial charge < -0.3 is 10.1 Å². The first kappa shape index (κ1) is 15.7. The molecule has 0 spiro atoms. The van der Waals surface area contributed by atoms with Crippen LogP contribution in [-0.4, -0.2) is 34.9 Å². The van der Waals surface area contributed by atoms with Crippen LogP contribution in [0.2, 0.25) is 0 Å². The number of amides is 1. The first-order valence-corrected chi connectivity index (χ1v) is 8.14. The van der Waals surface area contributed by atoms with E-state index in [2.05, 4.69) is 10.4 Å². The molecule has 1 atom stereocenters. The molecule has 1 aliphatic heterocycles. The van der Waals surface area contributed by atoms with E-state index in [0.717, 1.165) is 42.7 Å². The maximum atomic E-state index is 12.5. The van der Waals surface area contributed by atoms with Crippen LogP contribution < -0.4 is 5.32 Å². The number of ether oxygens (including phenoxy) is 1. The summed E-state index contributed by atoms with van der Waals surface area (Å²) < 4.78 is 7.28. The van der Waals surface area contributed by atoms with Crippen LogP contribution in [0.4, 0.5) is 0 Å². The molecule has 5 nitrogen and oxygen atoms in total. The highest BCUT2D eigenvalue weighted by molar-refractivity contribution is 6.00. The van der Waals surface area contributed by atoms with Crippen LogP contribution in [0.3, 0.4) is 0 Å².